The maximum absolute atomic E-state index is 3.30. The average molecular weight is 168 g/mol. The quantitative estimate of drug-likeness (QED) is 0.642. The van der Waals surface area contributed by atoms with Gasteiger partial charge in [-0.1, -0.05) is 12.8 Å². The van der Waals surface area contributed by atoms with Gasteiger partial charge in [0.15, 0.2) is 0 Å². The SMILES string of the molecule is CNN1CC2(CCCC2)CC1C. The number of nitrogens with one attached hydrogen (secondary N) is 1. The lowest BCUT2D eigenvalue weighted by Crippen LogP contribution is -2.38. The summed E-state index contributed by atoms with van der Waals surface area (Å²) in [5.41, 5.74) is 4.00. The molecule has 2 nitrogen and oxygen atoms in total. The third kappa shape index (κ3) is 1.27. The van der Waals surface area contributed by atoms with Crippen LogP contribution in [0.3, 0.4) is 0 Å². The van der Waals surface area contributed by atoms with Crippen LogP contribution in [0, 0.1) is 5.41 Å². The Bertz CT molecular complexity index is 161. The lowest BCUT2D eigenvalue weighted by molar-refractivity contribution is 0.182. The molecule has 2 rings (SSSR count). The summed E-state index contributed by atoms with van der Waals surface area (Å²) < 4.78 is 0. The van der Waals surface area contributed by atoms with Crippen LogP contribution in [-0.2, 0) is 0 Å². The van der Waals surface area contributed by atoms with Crippen LogP contribution in [0.1, 0.15) is 39.0 Å². The highest BCUT2D eigenvalue weighted by atomic mass is 15.5. The van der Waals surface area contributed by atoms with Gasteiger partial charge in [-0.15, -0.1) is 0 Å². The van der Waals surface area contributed by atoms with Crippen molar-refractivity contribution in [3.8, 4) is 0 Å². The fourth-order valence-electron chi connectivity index (χ4n) is 3.11. The summed E-state index contributed by atoms with van der Waals surface area (Å²) in [5.74, 6) is 0. The van der Waals surface area contributed by atoms with E-state index in [1.807, 2.05) is 7.05 Å². The Morgan fingerprint density at radius 2 is 2.00 bits per heavy atom. The highest BCUT2D eigenvalue weighted by molar-refractivity contribution is 4.95. The van der Waals surface area contributed by atoms with Crippen LogP contribution in [-0.4, -0.2) is 24.6 Å². The second-order valence-corrected chi connectivity index (χ2v) is 4.61. The summed E-state index contributed by atoms with van der Waals surface area (Å²) in [5, 5.41) is 2.41. The Kier molecular flexibility index (Phi) is 2.13. The summed E-state index contributed by atoms with van der Waals surface area (Å²) >= 11 is 0. The predicted molar refractivity (Wildman–Crippen MR) is 50.7 cm³/mol. The number of nitrogens with zero attached hydrogens (tertiary/aromatic N) is 1. The highest BCUT2D eigenvalue weighted by Gasteiger charge is 2.43. The van der Waals surface area contributed by atoms with Crippen LogP contribution >= 0.6 is 0 Å². The fourth-order valence-corrected chi connectivity index (χ4v) is 3.11. The van der Waals surface area contributed by atoms with E-state index in [-0.39, 0.29) is 0 Å². The second kappa shape index (κ2) is 3.00. The van der Waals surface area contributed by atoms with Gasteiger partial charge in [-0.3, -0.25) is 5.43 Å². The molecule has 1 unspecified atom stereocenters. The zero-order valence-electron chi connectivity index (χ0n) is 8.27. The van der Waals surface area contributed by atoms with Crippen molar-refractivity contribution in [2.24, 2.45) is 5.41 Å². The molecule has 70 valence electrons. The van der Waals surface area contributed by atoms with Crippen LogP contribution in [0.4, 0.5) is 0 Å². The molecule has 1 N–H and O–H groups in total. The van der Waals surface area contributed by atoms with E-state index < -0.39 is 0 Å². The minimum atomic E-state index is 0.697. The van der Waals surface area contributed by atoms with Gasteiger partial charge in [-0.05, 0) is 38.6 Å². The van der Waals surface area contributed by atoms with E-state index in [4.69, 9.17) is 0 Å². The molecule has 1 atom stereocenters. The second-order valence-electron chi connectivity index (χ2n) is 4.61. The third-order valence-electron chi connectivity index (χ3n) is 3.72. The molecule has 2 fully saturated rings. The smallest absolute Gasteiger partial charge is 0.0221 e. The Labute approximate surface area is 75.3 Å². The minimum Gasteiger partial charge on any atom is -0.258 e. The van der Waals surface area contributed by atoms with Gasteiger partial charge in [0, 0.05) is 12.6 Å². The molecule has 1 spiro atoms. The van der Waals surface area contributed by atoms with Crippen molar-refractivity contribution < 1.29 is 0 Å². The number of rotatable bonds is 1. The van der Waals surface area contributed by atoms with Crippen LogP contribution in [0.15, 0.2) is 0 Å². The molecule has 1 saturated heterocycles. The summed E-state index contributed by atoms with van der Waals surface area (Å²) in [7, 11) is 2.05. The van der Waals surface area contributed by atoms with Crippen LogP contribution in [0.2, 0.25) is 0 Å². The summed E-state index contributed by atoms with van der Waals surface area (Å²) in [6.45, 7) is 3.62. The van der Waals surface area contributed by atoms with Gasteiger partial charge in [-0.2, -0.15) is 0 Å². The maximum atomic E-state index is 3.30. The largest absolute Gasteiger partial charge is 0.258 e. The molecular weight excluding hydrogens is 148 g/mol. The number of hydrazine groups is 1. The molecule has 1 heterocycles. The van der Waals surface area contributed by atoms with Crippen molar-refractivity contribution in [1.29, 1.82) is 0 Å². The molecule has 0 aromatic rings. The van der Waals surface area contributed by atoms with Gasteiger partial charge in [0.25, 0.3) is 0 Å². The first kappa shape index (κ1) is 8.52. The molecule has 0 bridgehead atoms. The number of hydrogen-bond donors (Lipinski definition) is 1. The lowest BCUT2D eigenvalue weighted by atomic mass is 9.84. The van der Waals surface area contributed by atoms with E-state index in [2.05, 4.69) is 17.4 Å². The first-order valence-corrected chi connectivity index (χ1v) is 5.20. The van der Waals surface area contributed by atoms with Gasteiger partial charge in [-0.25, -0.2) is 5.01 Å². The van der Waals surface area contributed by atoms with Crippen molar-refractivity contribution in [2.45, 2.75) is 45.1 Å². The molecule has 0 aromatic heterocycles. The monoisotopic (exact) mass is 168 g/mol. The van der Waals surface area contributed by atoms with Crippen molar-refractivity contribution in [1.82, 2.24) is 10.4 Å². The molecule has 2 aliphatic rings. The van der Waals surface area contributed by atoms with Crippen molar-refractivity contribution >= 4 is 0 Å². The first-order chi connectivity index (χ1) is 5.76. The standard InChI is InChI=1S/C10H20N2/c1-9-7-10(5-3-4-6-10)8-12(9)11-2/h9,11H,3-8H2,1-2H3. The van der Waals surface area contributed by atoms with Gasteiger partial charge >= 0.3 is 0 Å². The first-order valence-electron chi connectivity index (χ1n) is 5.20. The van der Waals surface area contributed by atoms with Gasteiger partial charge in [0.1, 0.15) is 0 Å². The molecule has 0 amide bonds. The number of hydrogen-bond acceptors (Lipinski definition) is 2. The zero-order chi connectivity index (χ0) is 8.60. The lowest BCUT2D eigenvalue weighted by Gasteiger charge is -2.22. The van der Waals surface area contributed by atoms with Crippen molar-refractivity contribution in [3.63, 3.8) is 0 Å². The summed E-state index contributed by atoms with van der Waals surface area (Å²) in [6.07, 6.45) is 7.27. The molecule has 0 aromatic carbocycles. The Morgan fingerprint density at radius 1 is 1.33 bits per heavy atom. The third-order valence-corrected chi connectivity index (χ3v) is 3.72. The highest BCUT2D eigenvalue weighted by Crippen LogP contribution is 2.46. The topological polar surface area (TPSA) is 15.3 Å². The van der Waals surface area contributed by atoms with Crippen molar-refractivity contribution in [2.75, 3.05) is 13.6 Å². The van der Waals surface area contributed by atoms with Crippen molar-refractivity contribution in [3.05, 3.63) is 0 Å². The molecule has 1 aliphatic heterocycles. The fraction of sp³-hybridized carbons (Fsp3) is 1.00. The Morgan fingerprint density at radius 3 is 2.50 bits per heavy atom. The molecule has 1 saturated carbocycles. The van der Waals surface area contributed by atoms with Gasteiger partial charge in [0.05, 0.1) is 0 Å². The van der Waals surface area contributed by atoms with Gasteiger partial charge < -0.3 is 0 Å². The molecular formula is C10H20N2. The van der Waals surface area contributed by atoms with E-state index >= 15 is 0 Å². The molecule has 2 heteroatoms. The van der Waals surface area contributed by atoms with E-state index in [0.717, 1.165) is 6.04 Å². The molecule has 0 radical (unpaired) electrons. The van der Waals surface area contributed by atoms with E-state index in [1.165, 1.54) is 38.6 Å². The maximum Gasteiger partial charge on any atom is 0.0221 e. The average Bonchev–Trinajstić information content (AvgIpc) is 2.60. The van der Waals surface area contributed by atoms with E-state index in [0.29, 0.717) is 5.41 Å². The van der Waals surface area contributed by atoms with E-state index in [9.17, 15) is 0 Å². The minimum absolute atomic E-state index is 0.697. The zero-order valence-corrected chi connectivity index (χ0v) is 8.27. The van der Waals surface area contributed by atoms with E-state index in [1.54, 1.807) is 0 Å². The van der Waals surface area contributed by atoms with Crippen LogP contribution < -0.4 is 5.43 Å². The summed E-state index contributed by atoms with van der Waals surface area (Å²) in [4.78, 5) is 0. The Balaban J connectivity index is 2.03. The molecule has 12 heavy (non-hydrogen) atoms. The Hall–Kier alpha value is -0.0800. The normalized spacial score (nSPS) is 35.0. The van der Waals surface area contributed by atoms with Crippen LogP contribution in [0.5, 0.6) is 0 Å². The predicted octanol–water partition coefficient (Wildman–Crippen LogP) is 1.78. The summed E-state index contributed by atoms with van der Waals surface area (Å²) in [6, 6.07) is 0.744. The van der Waals surface area contributed by atoms with Crippen LogP contribution in [0.25, 0.3) is 0 Å². The van der Waals surface area contributed by atoms with Gasteiger partial charge in [0.2, 0.25) is 0 Å². The molecule has 1 aliphatic carbocycles.